The molecule has 0 amide bonds. The Hall–Kier alpha value is -1.88. The second-order valence-electron chi connectivity index (χ2n) is 5.49. The number of aromatic nitrogens is 2. The average Bonchev–Trinajstić information content (AvgIpc) is 3.14. The molecule has 21 heavy (non-hydrogen) atoms. The smallest absolute Gasteiger partial charge is 0.228 e. The lowest BCUT2D eigenvalue weighted by atomic mass is 10.2. The molecular weight excluding hydrogens is 266 g/mol. The third-order valence-electron chi connectivity index (χ3n) is 3.66. The van der Waals surface area contributed by atoms with E-state index in [9.17, 15) is 0 Å². The number of aryl methyl sites for hydroxylation is 1. The summed E-state index contributed by atoms with van der Waals surface area (Å²) >= 11 is 0. The monoisotopic (exact) mass is 287 g/mol. The zero-order valence-corrected chi connectivity index (χ0v) is 12.3. The van der Waals surface area contributed by atoms with Crippen LogP contribution in [0.1, 0.15) is 30.1 Å². The molecule has 2 aromatic rings. The molecule has 1 aliphatic rings. The van der Waals surface area contributed by atoms with Crippen LogP contribution in [0.15, 0.2) is 28.8 Å². The fraction of sp³-hybridized carbons (Fsp3) is 0.500. The van der Waals surface area contributed by atoms with Crippen molar-refractivity contribution in [1.29, 1.82) is 0 Å². The maximum Gasteiger partial charge on any atom is 0.228 e. The zero-order chi connectivity index (χ0) is 14.5. The first-order valence-electron chi connectivity index (χ1n) is 7.53. The van der Waals surface area contributed by atoms with E-state index in [2.05, 4.69) is 46.6 Å². The van der Waals surface area contributed by atoms with Crippen molar-refractivity contribution in [2.45, 2.75) is 38.7 Å². The maximum absolute atomic E-state index is 5.58. The van der Waals surface area contributed by atoms with Crippen LogP contribution in [0.4, 0.5) is 5.69 Å². The Bertz CT molecular complexity index is 559. The third kappa shape index (κ3) is 4.04. The highest BCUT2D eigenvalue weighted by atomic mass is 16.5. The first-order valence-corrected chi connectivity index (χ1v) is 7.53. The molecule has 1 aromatic heterocycles. The van der Waals surface area contributed by atoms with Crippen molar-refractivity contribution in [1.82, 2.24) is 10.1 Å². The SMILES string of the molecule is Cc1ccc(NCCc2nc(CC3CCCO3)no2)cc1. The molecule has 1 N–H and O–H groups in total. The van der Waals surface area contributed by atoms with E-state index < -0.39 is 0 Å². The number of benzene rings is 1. The lowest BCUT2D eigenvalue weighted by Crippen LogP contribution is -2.10. The minimum Gasteiger partial charge on any atom is -0.385 e. The van der Waals surface area contributed by atoms with E-state index in [1.165, 1.54) is 5.56 Å². The normalized spacial score (nSPS) is 18.0. The number of hydrogen-bond donors (Lipinski definition) is 1. The molecule has 0 radical (unpaired) electrons. The third-order valence-corrected chi connectivity index (χ3v) is 3.66. The summed E-state index contributed by atoms with van der Waals surface area (Å²) in [5.74, 6) is 1.44. The van der Waals surface area contributed by atoms with Crippen molar-refractivity contribution in [3.8, 4) is 0 Å². The van der Waals surface area contributed by atoms with Crippen LogP contribution in [-0.4, -0.2) is 29.4 Å². The number of ether oxygens (including phenoxy) is 1. The van der Waals surface area contributed by atoms with E-state index >= 15 is 0 Å². The summed E-state index contributed by atoms with van der Waals surface area (Å²) in [6.45, 7) is 3.72. The fourth-order valence-corrected chi connectivity index (χ4v) is 2.47. The lowest BCUT2D eigenvalue weighted by molar-refractivity contribution is 0.109. The van der Waals surface area contributed by atoms with Gasteiger partial charge in [-0.05, 0) is 31.9 Å². The first-order chi connectivity index (χ1) is 10.3. The highest BCUT2D eigenvalue weighted by molar-refractivity contribution is 5.44. The van der Waals surface area contributed by atoms with Gasteiger partial charge in [0.1, 0.15) is 0 Å². The highest BCUT2D eigenvalue weighted by Gasteiger charge is 2.18. The molecule has 1 fully saturated rings. The number of rotatable bonds is 6. The van der Waals surface area contributed by atoms with Crippen LogP contribution >= 0.6 is 0 Å². The van der Waals surface area contributed by atoms with Crippen LogP contribution in [0.2, 0.25) is 0 Å². The zero-order valence-electron chi connectivity index (χ0n) is 12.3. The topological polar surface area (TPSA) is 60.2 Å². The maximum atomic E-state index is 5.58. The highest BCUT2D eigenvalue weighted by Crippen LogP contribution is 2.16. The molecule has 5 heteroatoms. The summed E-state index contributed by atoms with van der Waals surface area (Å²) in [7, 11) is 0. The van der Waals surface area contributed by atoms with Gasteiger partial charge >= 0.3 is 0 Å². The predicted molar refractivity (Wildman–Crippen MR) is 80.3 cm³/mol. The standard InChI is InChI=1S/C16H21N3O2/c1-12-4-6-13(7-5-12)17-9-8-16-18-15(19-21-16)11-14-3-2-10-20-14/h4-7,14,17H,2-3,8-11H2,1H3. The van der Waals surface area contributed by atoms with E-state index in [1.54, 1.807) is 0 Å². The predicted octanol–water partition coefficient (Wildman–Crippen LogP) is 2.75. The van der Waals surface area contributed by atoms with E-state index in [0.29, 0.717) is 5.89 Å². The Kier molecular flexibility index (Phi) is 4.50. The molecule has 1 atom stereocenters. The lowest BCUT2D eigenvalue weighted by Gasteiger charge is -2.04. The Morgan fingerprint density at radius 1 is 1.29 bits per heavy atom. The van der Waals surface area contributed by atoms with Gasteiger partial charge in [0.2, 0.25) is 5.89 Å². The average molecular weight is 287 g/mol. The molecule has 3 rings (SSSR count). The van der Waals surface area contributed by atoms with Crippen LogP contribution in [0.3, 0.4) is 0 Å². The van der Waals surface area contributed by atoms with Gasteiger partial charge in [0, 0.05) is 31.7 Å². The summed E-state index contributed by atoms with van der Waals surface area (Å²) in [4.78, 5) is 4.42. The minimum absolute atomic E-state index is 0.265. The van der Waals surface area contributed by atoms with Crippen LogP contribution in [0, 0.1) is 6.92 Å². The Labute approximate surface area is 124 Å². The second kappa shape index (κ2) is 6.72. The molecule has 1 aromatic carbocycles. The van der Waals surface area contributed by atoms with Gasteiger partial charge in [-0.25, -0.2) is 0 Å². The molecule has 1 aliphatic heterocycles. The fourth-order valence-electron chi connectivity index (χ4n) is 2.47. The van der Waals surface area contributed by atoms with Gasteiger partial charge in [-0.15, -0.1) is 0 Å². The number of hydrogen-bond acceptors (Lipinski definition) is 5. The number of nitrogens with one attached hydrogen (secondary N) is 1. The molecule has 1 saturated heterocycles. The number of anilines is 1. The molecule has 0 bridgehead atoms. The minimum atomic E-state index is 0.265. The van der Waals surface area contributed by atoms with Gasteiger partial charge in [-0.3, -0.25) is 0 Å². The Balaban J connectivity index is 1.45. The van der Waals surface area contributed by atoms with Crippen molar-refractivity contribution >= 4 is 5.69 Å². The molecule has 1 unspecified atom stereocenters. The van der Waals surface area contributed by atoms with Crippen LogP contribution in [0.5, 0.6) is 0 Å². The summed E-state index contributed by atoms with van der Waals surface area (Å²) in [5, 5.41) is 7.37. The molecule has 0 aliphatic carbocycles. The Morgan fingerprint density at radius 2 is 2.14 bits per heavy atom. The number of nitrogens with zero attached hydrogens (tertiary/aromatic N) is 2. The quantitative estimate of drug-likeness (QED) is 0.885. The first kappa shape index (κ1) is 14.1. The van der Waals surface area contributed by atoms with Crippen LogP contribution in [0.25, 0.3) is 0 Å². The molecule has 5 nitrogen and oxygen atoms in total. The van der Waals surface area contributed by atoms with Crippen molar-refractivity contribution in [2.24, 2.45) is 0 Å². The Morgan fingerprint density at radius 3 is 2.90 bits per heavy atom. The summed E-state index contributed by atoms with van der Waals surface area (Å²) in [6.07, 6.45) is 3.98. The van der Waals surface area contributed by atoms with Crippen molar-refractivity contribution in [3.05, 3.63) is 41.5 Å². The van der Waals surface area contributed by atoms with Crippen molar-refractivity contribution < 1.29 is 9.26 Å². The summed E-state index contributed by atoms with van der Waals surface area (Å²) in [6, 6.07) is 8.33. The summed E-state index contributed by atoms with van der Waals surface area (Å²) < 4.78 is 10.9. The second-order valence-corrected chi connectivity index (χ2v) is 5.49. The van der Waals surface area contributed by atoms with Crippen LogP contribution < -0.4 is 5.32 Å². The molecule has 2 heterocycles. The molecular formula is C16H21N3O2. The van der Waals surface area contributed by atoms with E-state index in [-0.39, 0.29) is 6.10 Å². The van der Waals surface area contributed by atoms with Gasteiger partial charge in [-0.2, -0.15) is 4.98 Å². The van der Waals surface area contributed by atoms with Crippen molar-refractivity contribution in [3.63, 3.8) is 0 Å². The van der Waals surface area contributed by atoms with Gasteiger partial charge in [0.05, 0.1) is 6.10 Å². The molecule has 112 valence electrons. The van der Waals surface area contributed by atoms with Gasteiger partial charge in [-0.1, -0.05) is 22.9 Å². The van der Waals surface area contributed by atoms with Crippen molar-refractivity contribution in [2.75, 3.05) is 18.5 Å². The van der Waals surface area contributed by atoms with E-state index in [0.717, 1.165) is 50.3 Å². The van der Waals surface area contributed by atoms with Gasteiger partial charge in [0.15, 0.2) is 5.82 Å². The van der Waals surface area contributed by atoms with Gasteiger partial charge in [0.25, 0.3) is 0 Å². The van der Waals surface area contributed by atoms with E-state index in [1.807, 2.05) is 0 Å². The summed E-state index contributed by atoms with van der Waals surface area (Å²) in [5.41, 5.74) is 2.37. The molecule has 0 saturated carbocycles. The van der Waals surface area contributed by atoms with Crippen LogP contribution in [-0.2, 0) is 17.6 Å². The molecule has 0 spiro atoms. The largest absolute Gasteiger partial charge is 0.385 e. The van der Waals surface area contributed by atoms with E-state index in [4.69, 9.17) is 9.26 Å². The van der Waals surface area contributed by atoms with Gasteiger partial charge < -0.3 is 14.6 Å².